The van der Waals surface area contributed by atoms with E-state index in [4.69, 9.17) is 0 Å². The predicted octanol–water partition coefficient (Wildman–Crippen LogP) is 2.79. The van der Waals surface area contributed by atoms with Gasteiger partial charge in [-0.25, -0.2) is 9.78 Å². The number of H-pyrrole nitrogens is 1. The van der Waals surface area contributed by atoms with Crippen LogP contribution in [-0.2, 0) is 4.74 Å². The molecule has 2 aromatic heterocycles. The minimum absolute atomic E-state index is 0.381. The third-order valence-electron chi connectivity index (χ3n) is 3.33. The van der Waals surface area contributed by atoms with Crippen LogP contribution in [0, 0.1) is 6.92 Å². The fraction of sp³-hybridized carbons (Fsp3) is 0.438. The molecule has 0 aliphatic rings. The average Bonchev–Trinajstić information content (AvgIpc) is 2.99. The normalized spacial score (nSPS) is 10.2. The van der Waals surface area contributed by atoms with Crippen LogP contribution in [0.3, 0.4) is 0 Å². The summed E-state index contributed by atoms with van der Waals surface area (Å²) >= 11 is 0. The Balaban J connectivity index is 1.66. The number of carbonyl (C=O) groups excluding carboxylic acids is 1. The Hall–Kier alpha value is -2.77. The second-order valence-corrected chi connectivity index (χ2v) is 5.38. The van der Waals surface area contributed by atoms with Crippen LogP contribution in [-0.4, -0.2) is 41.5 Å². The van der Waals surface area contributed by atoms with Crippen molar-refractivity contribution in [1.82, 2.24) is 20.5 Å². The molecule has 1 amide bonds. The fourth-order valence-corrected chi connectivity index (χ4v) is 2.12. The topological polar surface area (TPSA) is 104 Å². The number of aromatic nitrogens is 3. The SMILES string of the molecule is COC(=O)NCCCCCNc1cccc(Nc2cc(C)[nH]n2)n1. The van der Waals surface area contributed by atoms with E-state index in [1.165, 1.54) is 7.11 Å². The molecule has 4 N–H and O–H groups in total. The first kappa shape index (κ1) is 17.6. The van der Waals surface area contributed by atoms with Gasteiger partial charge in [-0.3, -0.25) is 5.10 Å². The van der Waals surface area contributed by atoms with Crippen molar-refractivity contribution in [3.05, 3.63) is 30.0 Å². The number of hydrogen-bond donors (Lipinski definition) is 4. The van der Waals surface area contributed by atoms with Gasteiger partial charge < -0.3 is 20.7 Å². The van der Waals surface area contributed by atoms with Crippen molar-refractivity contribution < 1.29 is 9.53 Å². The van der Waals surface area contributed by atoms with E-state index in [-0.39, 0.29) is 6.09 Å². The molecule has 0 spiro atoms. The Kier molecular flexibility index (Phi) is 6.88. The molecule has 0 fully saturated rings. The van der Waals surface area contributed by atoms with Gasteiger partial charge in [-0.1, -0.05) is 6.07 Å². The number of methoxy groups -OCH3 is 1. The first-order chi connectivity index (χ1) is 11.7. The molecular weight excluding hydrogens is 308 g/mol. The molecule has 8 heteroatoms. The van der Waals surface area contributed by atoms with Gasteiger partial charge in [0.15, 0.2) is 5.82 Å². The van der Waals surface area contributed by atoms with Gasteiger partial charge in [0.25, 0.3) is 0 Å². The summed E-state index contributed by atoms with van der Waals surface area (Å²) in [7, 11) is 1.36. The Morgan fingerprint density at radius 3 is 2.71 bits per heavy atom. The Morgan fingerprint density at radius 2 is 1.96 bits per heavy atom. The third-order valence-corrected chi connectivity index (χ3v) is 3.33. The van der Waals surface area contributed by atoms with Crippen LogP contribution in [0.4, 0.5) is 22.2 Å². The molecule has 0 saturated carbocycles. The summed E-state index contributed by atoms with van der Waals surface area (Å²) in [4.78, 5) is 15.4. The molecule has 0 aliphatic heterocycles. The number of alkyl carbamates (subject to hydrolysis) is 1. The van der Waals surface area contributed by atoms with Gasteiger partial charge in [0.05, 0.1) is 7.11 Å². The van der Waals surface area contributed by atoms with Crippen molar-refractivity contribution >= 4 is 23.5 Å². The number of unbranched alkanes of at least 4 members (excludes halogenated alkanes) is 2. The van der Waals surface area contributed by atoms with Gasteiger partial charge >= 0.3 is 6.09 Å². The largest absolute Gasteiger partial charge is 0.453 e. The summed E-state index contributed by atoms with van der Waals surface area (Å²) < 4.78 is 4.51. The molecule has 0 saturated heterocycles. The maximum atomic E-state index is 10.9. The van der Waals surface area contributed by atoms with Gasteiger partial charge in [0.1, 0.15) is 11.6 Å². The van der Waals surface area contributed by atoms with Gasteiger partial charge in [0, 0.05) is 24.8 Å². The first-order valence-corrected chi connectivity index (χ1v) is 7.99. The Labute approximate surface area is 141 Å². The highest BCUT2D eigenvalue weighted by molar-refractivity contribution is 5.66. The van der Waals surface area contributed by atoms with Crippen LogP contribution in [0.5, 0.6) is 0 Å². The quantitative estimate of drug-likeness (QED) is 0.526. The van der Waals surface area contributed by atoms with E-state index >= 15 is 0 Å². The molecule has 2 heterocycles. The fourth-order valence-electron chi connectivity index (χ4n) is 2.12. The number of aromatic amines is 1. The minimum atomic E-state index is -0.381. The standard InChI is InChI=1S/C16H24N6O2/c1-12-11-15(22-21-12)20-14-8-6-7-13(19-14)17-9-4-3-5-10-18-16(23)24-2/h6-8,11H,3-5,9-10H2,1-2H3,(H,18,23)(H3,17,19,20,21,22). The van der Waals surface area contributed by atoms with Crippen molar-refractivity contribution in [1.29, 1.82) is 0 Å². The second kappa shape index (κ2) is 9.39. The van der Waals surface area contributed by atoms with Crippen LogP contribution in [0.2, 0.25) is 0 Å². The van der Waals surface area contributed by atoms with Gasteiger partial charge in [0.2, 0.25) is 0 Å². The highest BCUT2D eigenvalue weighted by Gasteiger charge is 2.01. The zero-order valence-electron chi connectivity index (χ0n) is 14.1. The molecular formula is C16H24N6O2. The number of ether oxygens (including phenoxy) is 1. The number of pyridine rings is 1. The van der Waals surface area contributed by atoms with Crippen molar-refractivity contribution in [2.75, 3.05) is 30.8 Å². The molecule has 2 aromatic rings. The molecule has 0 atom stereocenters. The highest BCUT2D eigenvalue weighted by Crippen LogP contribution is 2.15. The third kappa shape index (κ3) is 6.15. The summed E-state index contributed by atoms with van der Waals surface area (Å²) in [5.41, 5.74) is 0.994. The van der Waals surface area contributed by atoms with Crippen LogP contribution in [0.15, 0.2) is 24.3 Å². The lowest BCUT2D eigenvalue weighted by Crippen LogP contribution is -2.24. The smallest absolute Gasteiger partial charge is 0.406 e. The molecule has 0 bridgehead atoms. The van der Waals surface area contributed by atoms with Crippen LogP contribution in [0.25, 0.3) is 0 Å². The van der Waals surface area contributed by atoms with Crippen molar-refractivity contribution in [3.63, 3.8) is 0 Å². The van der Waals surface area contributed by atoms with Crippen molar-refractivity contribution in [2.45, 2.75) is 26.2 Å². The number of nitrogens with one attached hydrogen (secondary N) is 4. The Morgan fingerprint density at radius 1 is 1.17 bits per heavy atom. The van der Waals surface area contributed by atoms with Crippen LogP contribution in [0.1, 0.15) is 25.0 Å². The molecule has 2 rings (SSSR count). The number of anilines is 3. The molecule has 0 aromatic carbocycles. The minimum Gasteiger partial charge on any atom is -0.453 e. The van der Waals surface area contributed by atoms with Crippen LogP contribution < -0.4 is 16.0 Å². The molecule has 24 heavy (non-hydrogen) atoms. The average molecular weight is 332 g/mol. The molecule has 0 aliphatic carbocycles. The predicted molar refractivity (Wildman–Crippen MR) is 93.6 cm³/mol. The summed E-state index contributed by atoms with van der Waals surface area (Å²) in [5.74, 6) is 2.31. The summed E-state index contributed by atoms with van der Waals surface area (Å²) in [6.45, 7) is 3.41. The van der Waals surface area contributed by atoms with Crippen LogP contribution >= 0.6 is 0 Å². The number of carbonyl (C=O) groups is 1. The Bertz CT molecular complexity index is 643. The summed E-state index contributed by atoms with van der Waals surface area (Å²) in [5, 5.41) is 16.1. The number of amides is 1. The molecule has 0 radical (unpaired) electrons. The maximum Gasteiger partial charge on any atom is 0.406 e. The summed E-state index contributed by atoms with van der Waals surface area (Å²) in [6.07, 6.45) is 2.56. The lowest BCUT2D eigenvalue weighted by Gasteiger charge is -2.08. The van der Waals surface area contributed by atoms with Crippen molar-refractivity contribution in [3.8, 4) is 0 Å². The van der Waals surface area contributed by atoms with E-state index in [9.17, 15) is 4.79 Å². The van der Waals surface area contributed by atoms with Gasteiger partial charge in [-0.05, 0) is 38.3 Å². The van der Waals surface area contributed by atoms with E-state index in [0.29, 0.717) is 6.54 Å². The highest BCUT2D eigenvalue weighted by atomic mass is 16.5. The van der Waals surface area contributed by atoms with E-state index in [1.807, 2.05) is 31.2 Å². The number of hydrogen-bond acceptors (Lipinski definition) is 6. The number of aryl methyl sites for hydroxylation is 1. The molecule has 8 nitrogen and oxygen atoms in total. The number of rotatable bonds is 9. The zero-order chi connectivity index (χ0) is 17.2. The molecule has 130 valence electrons. The second-order valence-electron chi connectivity index (χ2n) is 5.38. The van der Waals surface area contributed by atoms with E-state index in [2.05, 4.69) is 35.9 Å². The van der Waals surface area contributed by atoms with E-state index in [0.717, 1.165) is 49.0 Å². The van der Waals surface area contributed by atoms with E-state index < -0.39 is 0 Å². The summed E-state index contributed by atoms with van der Waals surface area (Å²) in [6, 6.07) is 7.69. The monoisotopic (exact) mass is 332 g/mol. The lowest BCUT2D eigenvalue weighted by molar-refractivity contribution is 0.171. The zero-order valence-corrected chi connectivity index (χ0v) is 14.1. The van der Waals surface area contributed by atoms with E-state index in [1.54, 1.807) is 0 Å². The first-order valence-electron chi connectivity index (χ1n) is 7.99. The maximum absolute atomic E-state index is 10.9. The number of nitrogens with zero attached hydrogens (tertiary/aromatic N) is 2. The molecule has 0 unspecified atom stereocenters. The van der Waals surface area contributed by atoms with Gasteiger partial charge in [-0.15, -0.1) is 0 Å². The van der Waals surface area contributed by atoms with Crippen molar-refractivity contribution in [2.24, 2.45) is 0 Å². The lowest BCUT2D eigenvalue weighted by atomic mass is 10.2. The van der Waals surface area contributed by atoms with Gasteiger partial charge in [-0.2, -0.15) is 5.10 Å².